The highest BCUT2D eigenvalue weighted by molar-refractivity contribution is 9.10. The zero-order chi connectivity index (χ0) is 22.8. The molecule has 0 saturated carbocycles. The molecular weight excluding hydrogens is 482 g/mol. The van der Waals surface area contributed by atoms with Gasteiger partial charge in [0.15, 0.2) is 0 Å². The zero-order valence-electron chi connectivity index (χ0n) is 17.6. The number of nitrogens with one attached hydrogen (secondary N) is 1. The van der Waals surface area contributed by atoms with E-state index in [0.717, 1.165) is 14.7 Å². The van der Waals surface area contributed by atoms with Crippen molar-refractivity contribution < 1.29 is 17.9 Å². The number of benzene rings is 2. The van der Waals surface area contributed by atoms with Gasteiger partial charge in [-0.3, -0.25) is 0 Å². The van der Waals surface area contributed by atoms with E-state index in [1.165, 1.54) is 0 Å². The van der Waals surface area contributed by atoms with Crippen molar-refractivity contribution in [1.29, 1.82) is 0 Å². The van der Waals surface area contributed by atoms with Crippen molar-refractivity contribution in [2.75, 3.05) is 6.54 Å². The molecule has 3 rings (SSSR count). The van der Waals surface area contributed by atoms with Crippen LogP contribution in [-0.2, 0) is 14.8 Å². The first kappa shape index (κ1) is 23.0. The van der Waals surface area contributed by atoms with Crippen LogP contribution in [0.4, 0.5) is 4.79 Å². The van der Waals surface area contributed by atoms with Gasteiger partial charge in [0.25, 0.3) is 0 Å². The maximum absolute atomic E-state index is 12.5. The maximum Gasteiger partial charge on any atom is 0.435 e. The van der Waals surface area contributed by atoms with Gasteiger partial charge in [-0.25, -0.2) is 13.2 Å². The third kappa shape index (κ3) is 5.73. The number of halogens is 1. The van der Waals surface area contributed by atoms with Crippen LogP contribution in [0.15, 0.2) is 51.8 Å². The van der Waals surface area contributed by atoms with Gasteiger partial charge in [-0.1, -0.05) is 39.5 Å². The number of ether oxygens (including phenoxy) is 1. The van der Waals surface area contributed by atoms with Crippen LogP contribution in [0.5, 0.6) is 0 Å². The minimum Gasteiger partial charge on any atom is -0.442 e. The summed E-state index contributed by atoms with van der Waals surface area (Å²) < 4.78 is 34.6. The normalized spacial score (nSPS) is 11.8. The molecule has 1 N–H and O–H groups in total. The number of rotatable bonds is 3. The fourth-order valence-electron chi connectivity index (χ4n) is 2.69. The van der Waals surface area contributed by atoms with Gasteiger partial charge in [0.1, 0.15) is 11.3 Å². The van der Waals surface area contributed by atoms with Gasteiger partial charge < -0.3 is 4.74 Å². The number of nitrogens with zero attached hydrogens (tertiary/aromatic N) is 2. The molecule has 2 aromatic carbocycles. The van der Waals surface area contributed by atoms with Crippen LogP contribution in [0.25, 0.3) is 10.9 Å². The van der Waals surface area contributed by atoms with E-state index >= 15 is 0 Å². The quantitative estimate of drug-likeness (QED) is 0.540. The van der Waals surface area contributed by atoms with E-state index in [0.29, 0.717) is 16.6 Å². The van der Waals surface area contributed by atoms with E-state index in [1.54, 1.807) is 63.2 Å². The highest BCUT2D eigenvalue weighted by Gasteiger charge is 2.22. The summed E-state index contributed by atoms with van der Waals surface area (Å²) in [6, 6.07) is 11.9. The van der Waals surface area contributed by atoms with E-state index in [-0.39, 0.29) is 11.4 Å². The number of aryl methyl sites for hydroxylation is 1. The number of hydrogen-bond donors (Lipinski definition) is 1. The van der Waals surface area contributed by atoms with Gasteiger partial charge in [0.05, 0.1) is 17.0 Å². The van der Waals surface area contributed by atoms with Crippen molar-refractivity contribution >= 4 is 42.9 Å². The van der Waals surface area contributed by atoms with Gasteiger partial charge in [-0.05, 0) is 63.9 Å². The topological polar surface area (TPSA) is 90.3 Å². The van der Waals surface area contributed by atoms with Gasteiger partial charge in [-0.15, -0.1) is 0 Å². The summed E-state index contributed by atoms with van der Waals surface area (Å²) in [7, 11) is -3.67. The second-order valence-electron chi connectivity index (χ2n) is 7.84. The largest absolute Gasteiger partial charge is 0.442 e. The molecule has 9 heteroatoms. The number of carbonyl (C=O) groups is 1. The summed E-state index contributed by atoms with van der Waals surface area (Å²) in [5, 5.41) is 4.93. The molecule has 0 saturated heterocycles. The SMILES string of the molecule is Cc1ccc(S(=O)(=O)NCC#Cc2nn(C(=O)OC(C)(C)C)c3ccc(Br)cc23)cc1. The Morgan fingerprint density at radius 1 is 1.19 bits per heavy atom. The van der Waals surface area contributed by atoms with Crippen LogP contribution in [0.2, 0.25) is 0 Å². The zero-order valence-corrected chi connectivity index (χ0v) is 20.0. The lowest BCUT2D eigenvalue weighted by atomic mass is 10.2. The lowest BCUT2D eigenvalue weighted by Crippen LogP contribution is -2.27. The molecular formula is C22H22BrN3O4S. The van der Waals surface area contributed by atoms with E-state index < -0.39 is 21.7 Å². The Bertz CT molecular complexity index is 1290. The first-order valence-corrected chi connectivity index (χ1v) is 11.7. The molecule has 0 atom stereocenters. The van der Waals surface area contributed by atoms with Gasteiger partial charge in [0.2, 0.25) is 10.0 Å². The summed E-state index contributed by atoms with van der Waals surface area (Å²) in [6.07, 6.45) is -0.618. The molecule has 1 aromatic heterocycles. The highest BCUT2D eigenvalue weighted by atomic mass is 79.9. The fraction of sp³-hybridized carbons (Fsp3) is 0.273. The molecule has 7 nitrogen and oxygen atoms in total. The lowest BCUT2D eigenvalue weighted by Gasteiger charge is -2.19. The highest BCUT2D eigenvalue weighted by Crippen LogP contribution is 2.23. The predicted molar refractivity (Wildman–Crippen MR) is 122 cm³/mol. The molecule has 0 unspecified atom stereocenters. The Hall–Kier alpha value is -2.67. The molecule has 31 heavy (non-hydrogen) atoms. The van der Waals surface area contributed by atoms with Crippen molar-refractivity contribution in [3.63, 3.8) is 0 Å². The van der Waals surface area contributed by atoms with Crippen LogP contribution in [0.3, 0.4) is 0 Å². The van der Waals surface area contributed by atoms with Crippen LogP contribution in [0.1, 0.15) is 32.0 Å². The van der Waals surface area contributed by atoms with Gasteiger partial charge in [0, 0.05) is 9.86 Å². The van der Waals surface area contributed by atoms with Crippen LogP contribution >= 0.6 is 15.9 Å². The summed E-state index contributed by atoms with van der Waals surface area (Å²) in [4.78, 5) is 12.7. The minimum absolute atomic E-state index is 0.106. The maximum atomic E-state index is 12.5. The second kappa shape index (κ2) is 8.83. The molecule has 3 aromatic rings. The van der Waals surface area contributed by atoms with Crippen LogP contribution in [-0.4, -0.2) is 36.4 Å². The number of sulfonamides is 1. The second-order valence-corrected chi connectivity index (χ2v) is 10.5. The monoisotopic (exact) mass is 503 g/mol. The molecule has 0 fully saturated rings. The summed E-state index contributed by atoms with van der Waals surface area (Å²) >= 11 is 3.41. The van der Waals surface area contributed by atoms with Crippen molar-refractivity contribution in [3.8, 4) is 11.8 Å². The Balaban J connectivity index is 1.85. The molecule has 0 bridgehead atoms. The first-order chi connectivity index (χ1) is 14.5. The molecule has 0 aliphatic carbocycles. The van der Waals surface area contributed by atoms with E-state index in [9.17, 15) is 13.2 Å². The molecule has 0 amide bonds. The summed E-state index contributed by atoms with van der Waals surface area (Å²) in [5.74, 6) is 5.62. The Morgan fingerprint density at radius 2 is 1.87 bits per heavy atom. The van der Waals surface area contributed by atoms with Crippen molar-refractivity contribution in [3.05, 3.63) is 58.2 Å². The van der Waals surface area contributed by atoms with E-state index in [4.69, 9.17) is 4.74 Å². The Labute approximate surface area is 190 Å². The van der Waals surface area contributed by atoms with E-state index in [2.05, 4.69) is 37.6 Å². The molecule has 1 heterocycles. The van der Waals surface area contributed by atoms with Gasteiger partial charge in [-0.2, -0.15) is 14.5 Å². The minimum atomic E-state index is -3.67. The third-order valence-electron chi connectivity index (χ3n) is 4.10. The number of aromatic nitrogens is 2. The van der Waals surface area contributed by atoms with Crippen LogP contribution < -0.4 is 4.72 Å². The Kier molecular flexibility index (Phi) is 6.55. The molecule has 0 spiro atoms. The fourth-order valence-corrected chi connectivity index (χ4v) is 3.97. The average molecular weight is 504 g/mol. The average Bonchev–Trinajstić information content (AvgIpc) is 3.02. The number of fused-ring (bicyclic) bond motifs is 1. The van der Waals surface area contributed by atoms with Crippen molar-refractivity contribution in [1.82, 2.24) is 14.5 Å². The lowest BCUT2D eigenvalue weighted by molar-refractivity contribution is 0.0522. The number of hydrogen-bond acceptors (Lipinski definition) is 5. The van der Waals surface area contributed by atoms with Gasteiger partial charge >= 0.3 is 6.09 Å². The first-order valence-electron chi connectivity index (χ1n) is 9.43. The van der Waals surface area contributed by atoms with E-state index in [1.807, 2.05) is 6.92 Å². The summed E-state index contributed by atoms with van der Waals surface area (Å²) in [5.41, 5.74) is 1.18. The summed E-state index contributed by atoms with van der Waals surface area (Å²) in [6.45, 7) is 7.09. The molecule has 162 valence electrons. The predicted octanol–water partition coefficient (Wildman–Crippen LogP) is 4.22. The van der Waals surface area contributed by atoms with Crippen molar-refractivity contribution in [2.24, 2.45) is 0 Å². The smallest absolute Gasteiger partial charge is 0.435 e. The Morgan fingerprint density at radius 3 is 2.52 bits per heavy atom. The van der Waals surface area contributed by atoms with Crippen LogP contribution in [0, 0.1) is 18.8 Å². The molecule has 0 aliphatic heterocycles. The number of carbonyl (C=O) groups excluding carboxylic acids is 1. The third-order valence-corrected chi connectivity index (χ3v) is 6.01. The molecule has 0 aliphatic rings. The standard InChI is InChI=1S/C22H22BrN3O4S/c1-15-7-10-17(11-8-15)31(28,29)24-13-5-6-19-18-14-16(23)9-12-20(18)26(25-19)21(27)30-22(2,3)4/h7-12,14,24H,13H2,1-4H3. The van der Waals surface area contributed by atoms with Crippen molar-refractivity contribution in [2.45, 2.75) is 38.2 Å². The molecule has 0 radical (unpaired) electrons.